The summed E-state index contributed by atoms with van der Waals surface area (Å²) in [6, 6.07) is 0. The standard InChI is InChI=1S/C19H38N4O2.HI/c1-7-20-17(21-11-10-15(2)3)22-13-16-9-8-12-23(14-16)18(24)25-19(4,5)6;/h15-16H,7-14H2,1-6H3,(H2,20,21,22);1H. The van der Waals surface area contributed by atoms with Crippen LogP contribution in [0.2, 0.25) is 0 Å². The molecular formula is C19H39IN4O2. The van der Waals surface area contributed by atoms with Crippen molar-refractivity contribution in [3.05, 3.63) is 0 Å². The van der Waals surface area contributed by atoms with Gasteiger partial charge in [-0.05, 0) is 58.8 Å². The first kappa shape index (κ1) is 25.3. The maximum atomic E-state index is 12.2. The van der Waals surface area contributed by atoms with Crippen molar-refractivity contribution in [3.63, 3.8) is 0 Å². The van der Waals surface area contributed by atoms with Gasteiger partial charge in [-0.15, -0.1) is 24.0 Å². The highest BCUT2D eigenvalue weighted by molar-refractivity contribution is 14.0. The monoisotopic (exact) mass is 482 g/mol. The third kappa shape index (κ3) is 11.1. The number of ether oxygens (including phenoxy) is 1. The van der Waals surface area contributed by atoms with E-state index in [4.69, 9.17) is 9.73 Å². The number of piperidine rings is 1. The molecule has 0 aliphatic carbocycles. The molecule has 2 N–H and O–H groups in total. The number of halogens is 1. The van der Waals surface area contributed by atoms with Gasteiger partial charge in [0.1, 0.15) is 5.60 Å². The van der Waals surface area contributed by atoms with E-state index in [0.717, 1.165) is 57.9 Å². The molecule has 154 valence electrons. The molecule has 1 aliphatic rings. The normalized spacial score (nSPS) is 18.3. The molecule has 0 aromatic carbocycles. The number of rotatable bonds is 6. The lowest BCUT2D eigenvalue weighted by Gasteiger charge is -2.33. The van der Waals surface area contributed by atoms with Gasteiger partial charge in [0.05, 0.1) is 0 Å². The molecule has 1 heterocycles. The van der Waals surface area contributed by atoms with E-state index in [9.17, 15) is 4.79 Å². The van der Waals surface area contributed by atoms with Crippen LogP contribution in [-0.2, 0) is 4.74 Å². The van der Waals surface area contributed by atoms with E-state index in [0.29, 0.717) is 11.8 Å². The predicted octanol–water partition coefficient (Wildman–Crippen LogP) is 3.85. The van der Waals surface area contributed by atoms with Crippen molar-refractivity contribution in [3.8, 4) is 0 Å². The molecule has 1 fully saturated rings. The Labute approximate surface area is 176 Å². The summed E-state index contributed by atoms with van der Waals surface area (Å²) in [7, 11) is 0. The Bertz CT molecular complexity index is 436. The SMILES string of the molecule is CCNC(=NCC1CCCN(C(=O)OC(C)(C)C)C1)NCCC(C)C.I. The lowest BCUT2D eigenvalue weighted by atomic mass is 9.98. The Morgan fingerprint density at radius 3 is 2.58 bits per heavy atom. The lowest BCUT2D eigenvalue weighted by molar-refractivity contribution is 0.0170. The van der Waals surface area contributed by atoms with Crippen molar-refractivity contribution in [2.24, 2.45) is 16.8 Å². The molecule has 0 aromatic heterocycles. The summed E-state index contributed by atoms with van der Waals surface area (Å²) in [5.41, 5.74) is -0.444. The Morgan fingerprint density at radius 2 is 2.00 bits per heavy atom. The number of hydrogen-bond acceptors (Lipinski definition) is 3. The second-order valence-electron chi connectivity index (χ2n) is 8.26. The van der Waals surface area contributed by atoms with Gasteiger partial charge in [0.2, 0.25) is 0 Å². The zero-order chi connectivity index (χ0) is 18.9. The second-order valence-corrected chi connectivity index (χ2v) is 8.26. The molecule has 1 unspecified atom stereocenters. The summed E-state index contributed by atoms with van der Waals surface area (Å²) in [6.45, 7) is 16.2. The quantitative estimate of drug-likeness (QED) is 0.343. The van der Waals surface area contributed by atoms with Crippen LogP contribution in [0.25, 0.3) is 0 Å². The van der Waals surface area contributed by atoms with Crippen molar-refractivity contribution < 1.29 is 9.53 Å². The average molecular weight is 482 g/mol. The molecular weight excluding hydrogens is 443 g/mol. The largest absolute Gasteiger partial charge is 0.444 e. The van der Waals surface area contributed by atoms with E-state index in [1.165, 1.54) is 0 Å². The van der Waals surface area contributed by atoms with E-state index in [1.807, 2.05) is 25.7 Å². The minimum Gasteiger partial charge on any atom is -0.444 e. The molecule has 0 aromatic rings. The molecule has 0 radical (unpaired) electrons. The van der Waals surface area contributed by atoms with Crippen molar-refractivity contribution >= 4 is 36.0 Å². The summed E-state index contributed by atoms with van der Waals surface area (Å²) in [4.78, 5) is 18.8. The molecule has 26 heavy (non-hydrogen) atoms. The highest BCUT2D eigenvalue weighted by Gasteiger charge is 2.27. The fourth-order valence-corrected chi connectivity index (χ4v) is 2.75. The van der Waals surface area contributed by atoms with Crippen LogP contribution >= 0.6 is 24.0 Å². The average Bonchev–Trinajstić information content (AvgIpc) is 2.51. The summed E-state index contributed by atoms with van der Waals surface area (Å²) in [5, 5.41) is 6.68. The lowest BCUT2D eigenvalue weighted by Crippen LogP contribution is -2.44. The smallest absolute Gasteiger partial charge is 0.410 e. The van der Waals surface area contributed by atoms with Crippen LogP contribution < -0.4 is 10.6 Å². The minimum absolute atomic E-state index is 0. The number of aliphatic imine (C=N–C) groups is 1. The van der Waals surface area contributed by atoms with Gasteiger partial charge in [0.15, 0.2) is 5.96 Å². The first-order valence-corrected chi connectivity index (χ1v) is 9.71. The fraction of sp³-hybridized carbons (Fsp3) is 0.895. The van der Waals surface area contributed by atoms with Crippen LogP contribution in [-0.4, -0.2) is 55.3 Å². The van der Waals surface area contributed by atoms with E-state index in [-0.39, 0.29) is 30.1 Å². The van der Waals surface area contributed by atoms with E-state index >= 15 is 0 Å². The highest BCUT2D eigenvalue weighted by atomic mass is 127. The Balaban J connectivity index is 0.00000625. The van der Waals surface area contributed by atoms with Gasteiger partial charge in [-0.1, -0.05) is 13.8 Å². The summed E-state index contributed by atoms with van der Waals surface area (Å²) in [6.07, 6.45) is 3.04. The maximum Gasteiger partial charge on any atom is 0.410 e. The minimum atomic E-state index is -0.444. The number of hydrogen-bond donors (Lipinski definition) is 2. The molecule has 0 spiro atoms. The molecule has 1 saturated heterocycles. The van der Waals surface area contributed by atoms with Gasteiger partial charge >= 0.3 is 6.09 Å². The maximum absolute atomic E-state index is 12.2. The van der Waals surface area contributed by atoms with Gasteiger partial charge < -0.3 is 20.3 Å². The Hall–Kier alpha value is -0.730. The number of carbonyl (C=O) groups excluding carboxylic acids is 1. The van der Waals surface area contributed by atoms with Gasteiger partial charge in [-0.25, -0.2) is 4.79 Å². The van der Waals surface area contributed by atoms with Gasteiger partial charge in [-0.2, -0.15) is 0 Å². The summed E-state index contributed by atoms with van der Waals surface area (Å²) < 4.78 is 5.49. The Kier molecular flexibility index (Phi) is 12.3. The molecule has 1 rings (SSSR count). The molecule has 0 bridgehead atoms. The number of nitrogens with one attached hydrogen (secondary N) is 2. The number of guanidine groups is 1. The highest BCUT2D eigenvalue weighted by Crippen LogP contribution is 2.19. The first-order chi connectivity index (χ1) is 11.7. The fourth-order valence-electron chi connectivity index (χ4n) is 2.75. The van der Waals surface area contributed by atoms with E-state index in [2.05, 4.69) is 31.4 Å². The van der Waals surface area contributed by atoms with Crippen LogP contribution in [0, 0.1) is 11.8 Å². The zero-order valence-electron chi connectivity index (χ0n) is 17.4. The molecule has 1 aliphatic heterocycles. The number of carbonyl (C=O) groups is 1. The molecule has 1 atom stereocenters. The third-order valence-electron chi connectivity index (χ3n) is 4.04. The van der Waals surface area contributed by atoms with E-state index < -0.39 is 5.60 Å². The Morgan fingerprint density at radius 1 is 1.31 bits per heavy atom. The van der Waals surface area contributed by atoms with Crippen LogP contribution in [0.1, 0.15) is 60.8 Å². The zero-order valence-corrected chi connectivity index (χ0v) is 19.8. The number of amides is 1. The van der Waals surface area contributed by atoms with Crippen molar-refractivity contribution in [2.45, 2.75) is 66.4 Å². The topological polar surface area (TPSA) is 66.0 Å². The molecule has 6 nitrogen and oxygen atoms in total. The van der Waals surface area contributed by atoms with Crippen molar-refractivity contribution in [1.29, 1.82) is 0 Å². The molecule has 0 saturated carbocycles. The van der Waals surface area contributed by atoms with Crippen LogP contribution in [0.5, 0.6) is 0 Å². The third-order valence-corrected chi connectivity index (χ3v) is 4.04. The van der Waals surface area contributed by atoms with Crippen molar-refractivity contribution in [2.75, 3.05) is 32.7 Å². The number of likely N-dealkylation sites (tertiary alicyclic amines) is 1. The van der Waals surface area contributed by atoms with Crippen LogP contribution in [0.15, 0.2) is 4.99 Å². The van der Waals surface area contributed by atoms with Gasteiger partial charge in [0, 0.05) is 32.7 Å². The predicted molar refractivity (Wildman–Crippen MR) is 119 cm³/mol. The van der Waals surface area contributed by atoms with E-state index in [1.54, 1.807) is 0 Å². The van der Waals surface area contributed by atoms with Gasteiger partial charge in [0.25, 0.3) is 0 Å². The summed E-state index contributed by atoms with van der Waals surface area (Å²) >= 11 is 0. The van der Waals surface area contributed by atoms with Crippen LogP contribution in [0.3, 0.4) is 0 Å². The number of nitrogens with zero attached hydrogens (tertiary/aromatic N) is 2. The summed E-state index contributed by atoms with van der Waals surface area (Å²) in [5.74, 6) is 1.94. The second kappa shape index (κ2) is 12.6. The first-order valence-electron chi connectivity index (χ1n) is 9.71. The molecule has 1 amide bonds. The van der Waals surface area contributed by atoms with Gasteiger partial charge in [-0.3, -0.25) is 4.99 Å². The molecule has 7 heteroatoms. The van der Waals surface area contributed by atoms with Crippen LogP contribution in [0.4, 0.5) is 4.79 Å². The van der Waals surface area contributed by atoms with Crippen molar-refractivity contribution in [1.82, 2.24) is 15.5 Å².